The van der Waals surface area contributed by atoms with Crippen LogP contribution in [0.1, 0.15) is 19.4 Å². The summed E-state index contributed by atoms with van der Waals surface area (Å²) in [6, 6.07) is 8.17. The SMILES string of the molecule is Bc1ccc2c(CN3CCNCC3)cc(NC(=O)/C(C)=C(/C)C=O)nc2c1. The Morgan fingerprint density at radius 3 is 2.74 bits per heavy atom. The standard InChI is InChI=1S/C20H25BN4O2/c1-13(12-26)14(2)20(27)24-19-9-15(11-25-7-5-22-6-8-25)17-4-3-16(21)10-18(17)23-19/h3-4,9-10,12,22H,5-8,11,21H2,1-2H3,(H,23,24,27)/b14-13-. The third-order valence-corrected chi connectivity index (χ3v) is 5.01. The second-order valence-corrected chi connectivity index (χ2v) is 7.09. The number of benzene rings is 1. The highest BCUT2D eigenvalue weighted by atomic mass is 16.2. The number of pyridine rings is 1. The number of piperazine rings is 1. The molecule has 1 aliphatic rings. The molecule has 27 heavy (non-hydrogen) atoms. The highest BCUT2D eigenvalue weighted by molar-refractivity contribution is 6.33. The third-order valence-electron chi connectivity index (χ3n) is 5.01. The Hall–Kier alpha value is -2.51. The van der Waals surface area contributed by atoms with Crippen molar-refractivity contribution in [1.82, 2.24) is 15.2 Å². The van der Waals surface area contributed by atoms with E-state index in [1.807, 2.05) is 20.0 Å². The number of hydrogen-bond donors (Lipinski definition) is 2. The molecule has 1 aromatic carbocycles. The van der Waals surface area contributed by atoms with E-state index in [4.69, 9.17) is 0 Å². The number of rotatable bonds is 5. The Morgan fingerprint density at radius 2 is 2.04 bits per heavy atom. The topological polar surface area (TPSA) is 74.3 Å². The van der Waals surface area contributed by atoms with Gasteiger partial charge < -0.3 is 10.6 Å². The van der Waals surface area contributed by atoms with Crippen LogP contribution in [0.25, 0.3) is 10.9 Å². The smallest absolute Gasteiger partial charge is 0.252 e. The Labute approximate surface area is 160 Å². The van der Waals surface area contributed by atoms with Crippen LogP contribution >= 0.6 is 0 Å². The van der Waals surface area contributed by atoms with Crippen molar-refractivity contribution in [1.29, 1.82) is 0 Å². The fourth-order valence-electron chi connectivity index (χ4n) is 3.19. The van der Waals surface area contributed by atoms with Crippen LogP contribution in [-0.4, -0.2) is 56.1 Å². The van der Waals surface area contributed by atoms with Crippen LogP contribution in [0.4, 0.5) is 5.82 Å². The van der Waals surface area contributed by atoms with E-state index in [9.17, 15) is 9.59 Å². The van der Waals surface area contributed by atoms with Crippen molar-refractivity contribution in [2.75, 3.05) is 31.5 Å². The van der Waals surface area contributed by atoms with E-state index in [1.54, 1.807) is 13.8 Å². The maximum absolute atomic E-state index is 12.4. The molecular formula is C20H25BN4O2. The van der Waals surface area contributed by atoms with Crippen LogP contribution in [0.3, 0.4) is 0 Å². The van der Waals surface area contributed by atoms with Crippen LogP contribution < -0.4 is 16.1 Å². The fraction of sp³-hybridized carbons (Fsp3) is 0.350. The van der Waals surface area contributed by atoms with Gasteiger partial charge in [-0.15, -0.1) is 0 Å². The fourth-order valence-corrected chi connectivity index (χ4v) is 3.19. The number of amides is 1. The van der Waals surface area contributed by atoms with Crippen molar-refractivity contribution in [3.8, 4) is 0 Å². The maximum Gasteiger partial charge on any atom is 0.252 e. The minimum Gasteiger partial charge on any atom is -0.314 e. The predicted octanol–water partition coefficient (Wildman–Crippen LogP) is 0.372. The number of fused-ring (bicyclic) bond motifs is 1. The van der Waals surface area contributed by atoms with Crippen molar-refractivity contribution in [2.45, 2.75) is 20.4 Å². The Balaban J connectivity index is 1.95. The van der Waals surface area contributed by atoms with Crippen LogP contribution in [-0.2, 0) is 16.1 Å². The highest BCUT2D eigenvalue weighted by Gasteiger charge is 2.15. The van der Waals surface area contributed by atoms with Crippen molar-refractivity contribution in [2.24, 2.45) is 0 Å². The summed E-state index contributed by atoms with van der Waals surface area (Å²) in [5.41, 5.74) is 3.96. The number of aldehydes is 1. The number of aromatic nitrogens is 1. The molecule has 1 aliphatic heterocycles. The second-order valence-electron chi connectivity index (χ2n) is 7.09. The molecule has 1 aromatic heterocycles. The van der Waals surface area contributed by atoms with Gasteiger partial charge in [-0.1, -0.05) is 17.6 Å². The minimum absolute atomic E-state index is 0.299. The molecule has 0 radical (unpaired) electrons. The zero-order valence-corrected chi connectivity index (χ0v) is 16.1. The lowest BCUT2D eigenvalue weighted by Gasteiger charge is -2.27. The summed E-state index contributed by atoms with van der Waals surface area (Å²) in [6.07, 6.45) is 0.696. The van der Waals surface area contributed by atoms with Crippen molar-refractivity contribution >= 4 is 42.2 Å². The molecule has 0 aliphatic carbocycles. The van der Waals surface area contributed by atoms with E-state index in [2.05, 4.69) is 32.7 Å². The normalized spacial score (nSPS) is 16.1. The molecule has 1 fully saturated rings. The molecule has 3 rings (SSSR count). The Morgan fingerprint density at radius 1 is 1.30 bits per heavy atom. The van der Waals surface area contributed by atoms with Gasteiger partial charge in [0.05, 0.1) is 5.52 Å². The molecule has 0 saturated carbocycles. The molecule has 0 atom stereocenters. The molecule has 0 spiro atoms. The van der Waals surface area contributed by atoms with E-state index in [-0.39, 0.29) is 5.91 Å². The average Bonchev–Trinajstić information content (AvgIpc) is 2.67. The van der Waals surface area contributed by atoms with Gasteiger partial charge in [0.1, 0.15) is 20.0 Å². The molecule has 2 heterocycles. The largest absolute Gasteiger partial charge is 0.314 e. The van der Waals surface area contributed by atoms with Gasteiger partial charge in [0.25, 0.3) is 5.91 Å². The van der Waals surface area contributed by atoms with Gasteiger partial charge in [0, 0.05) is 43.7 Å². The summed E-state index contributed by atoms with van der Waals surface area (Å²) < 4.78 is 0. The highest BCUT2D eigenvalue weighted by Crippen LogP contribution is 2.22. The molecule has 6 nitrogen and oxygen atoms in total. The number of carbonyl (C=O) groups excluding carboxylic acids is 2. The first-order valence-corrected chi connectivity index (χ1v) is 9.25. The van der Waals surface area contributed by atoms with Crippen LogP contribution in [0.15, 0.2) is 35.4 Å². The summed E-state index contributed by atoms with van der Waals surface area (Å²) in [6.45, 7) is 8.06. The number of hydrogen-bond acceptors (Lipinski definition) is 5. The lowest BCUT2D eigenvalue weighted by atomic mass is 9.94. The zero-order chi connectivity index (χ0) is 19.4. The lowest BCUT2D eigenvalue weighted by Crippen LogP contribution is -2.42. The number of nitrogens with zero attached hydrogens (tertiary/aromatic N) is 2. The Kier molecular flexibility index (Phi) is 6.03. The molecule has 7 heteroatoms. The molecule has 1 amide bonds. The van der Waals surface area contributed by atoms with Crippen molar-refractivity contribution < 1.29 is 9.59 Å². The van der Waals surface area contributed by atoms with E-state index in [1.165, 1.54) is 0 Å². The van der Waals surface area contributed by atoms with Crippen LogP contribution in [0.2, 0.25) is 0 Å². The summed E-state index contributed by atoms with van der Waals surface area (Å²) >= 11 is 0. The van der Waals surface area contributed by atoms with Gasteiger partial charge in [0.2, 0.25) is 0 Å². The number of carbonyl (C=O) groups is 2. The summed E-state index contributed by atoms with van der Waals surface area (Å²) in [5, 5.41) is 7.32. The first-order valence-electron chi connectivity index (χ1n) is 9.25. The molecule has 140 valence electrons. The number of anilines is 1. The average molecular weight is 364 g/mol. The van der Waals surface area contributed by atoms with Gasteiger partial charge in [-0.25, -0.2) is 4.98 Å². The molecule has 0 bridgehead atoms. The monoisotopic (exact) mass is 364 g/mol. The van der Waals surface area contributed by atoms with Gasteiger partial charge >= 0.3 is 0 Å². The van der Waals surface area contributed by atoms with Gasteiger partial charge in [-0.3, -0.25) is 14.5 Å². The molecule has 2 aromatic rings. The Bertz CT molecular complexity index is 904. The molecular weight excluding hydrogens is 339 g/mol. The molecule has 1 saturated heterocycles. The van der Waals surface area contributed by atoms with E-state index in [0.29, 0.717) is 23.3 Å². The summed E-state index contributed by atoms with van der Waals surface area (Å²) in [4.78, 5) is 30.4. The van der Waals surface area contributed by atoms with Gasteiger partial charge in [0.15, 0.2) is 0 Å². The number of nitrogens with one attached hydrogen (secondary N) is 2. The maximum atomic E-state index is 12.4. The van der Waals surface area contributed by atoms with Crippen molar-refractivity contribution in [3.63, 3.8) is 0 Å². The number of allylic oxidation sites excluding steroid dienone is 1. The molecule has 2 N–H and O–H groups in total. The zero-order valence-electron chi connectivity index (χ0n) is 16.1. The van der Waals surface area contributed by atoms with Crippen LogP contribution in [0.5, 0.6) is 0 Å². The molecule has 0 unspecified atom stereocenters. The van der Waals surface area contributed by atoms with E-state index >= 15 is 0 Å². The van der Waals surface area contributed by atoms with Crippen molar-refractivity contribution in [3.05, 3.63) is 41.0 Å². The predicted molar refractivity (Wildman–Crippen MR) is 111 cm³/mol. The van der Waals surface area contributed by atoms with E-state index in [0.717, 1.165) is 54.7 Å². The van der Waals surface area contributed by atoms with Gasteiger partial charge in [-0.2, -0.15) is 0 Å². The first kappa shape index (κ1) is 19.3. The van der Waals surface area contributed by atoms with Gasteiger partial charge in [-0.05, 0) is 37.1 Å². The summed E-state index contributed by atoms with van der Waals surface area (Å²) in [5.74, 6) is 0.216. The second kappa shape index (κ2) is 8.46. The van der Waals surface area contributed by atoms with E-state index < -0.39 is 0 Å². The summed E-state index contributed by atoms with van der Waals surface area (Å²) in [7, 11) is 2.03. The lowest BCUT2D eigenvalue weighted by molar-refractivity contribution is -0.113. The quantitative estimate of drug-likeness (QED) is 0.456. The minimum atomic E-state index is -0.299. The third kappa shape index (κ3) is 4.62. The first-order chi connectivity index (χ1) is 13.0. The van der Waals surface area contributed by atoms with Crippen LogP contribution in [0, 0.1) is 0 Å².